The van der Waals surface area contributed by atoms with E-state index in [4.69, 9.17) is 14.6 Å². The van der Waals surface area contributed by atoms with Crippen molar-refractivity contribution < 1.29 is 24.8 Å². The average molecular weight is 220 g/mol. The molecule has 3 N–H and O–H groups in total. The van der Waals surface area contributed by atoms with Gasteiger partial charge in [0.05, 0.1) is 12.7 Å². The lowest BCUT2D eigenvalue weighted by atomic mass is 9.94. The van der Waals surface area contributed by atoms with Crippen LogP contribution in [-0.4, -0.2) is 59.1 Å². The van der Waals surface area contributed by atoms with Gasteiger partial charge in [0.1, 0.15) is 24.4 Å². The van der Waals surface area contributed by atoms with Crippen molar-refractivity contribution in [2.45, 2.75) is 50.8 Å². The maximum absolute atomic E-state index is 9.81. The molecule has 0 aliphatic carbocycles. The van der Waals surface area contributed by atoms with E-state index in [2.05, 4.69) is 0 Å². The van der Waals surface area contributed by atoms with E-state index in [0.717, 1.165) is 0 Å². The first-order valence-corrected chi connectivity index (χ1v) is 5.39. The van der Waals surface area contributed by atoms with Crippen molar-refractivity contribution in [1.29, 1.82) is 0 Å². The fourth-order valence-electron chi connectivity index (χ4n) is 1.90. The maximum Gasteiger partial charge on any atom is 0.114 e. The van der Waals surface area contributed by atoms with Gasteiger partial charge in [0, 0.05) is 6.61 Å². The molecule has 0 aromatic heterocycles. The lowest BCUT2D eigenvalue weighted by Gasteiger charge is -2.41. The van der Waals surface area contributed by atoms with E-state index < -0.39 is 30.5 Å². The van der Waals surface area contributed by atoms with Crippen LogP contribution in [0.1, 0.15) is 20.3 Å². The zero-order valence-electron chi connectivity index (χ0n) is 9.17. The molecular formula is C10H20O5. The Hall–Kier alpha value is -0.200. The first-order valence-electron chi connectivity index (χ1n) is 5.39. The molecule has 5 unspecified atom stereocenters. The van der Waals surface area contributed by atoms with Crippen molar-refractivity contribution in [2.24, 2.45) is 0 Å². The van der Waals surface area contributed by atoms with Gasteiger partial charge in [-0.3, -0.25) is 0 Å². The fraction of sp³-hybridized carbons (Fsp3) is 1.00. The molecule has 1 aliphatic rings. The molecule has 0 spiro atoms. The third-order valence-electron chi connectivity index (χ3n) is 2.72. The largest absolute Gasteiger partial charge is 0.394 e. The first-order chi connectivity index (χ1) is 7.15. The minimum atomic E-state index is -0.999. The van der Waals surface area contributed by atoms with Crippen LogP contribution in [0.15, 0.2) is 0 Å². The highest BCUT2D eigenvalue weighted by Gasteiger charge is 2.43. The molecule has 1 saturated heterocycles. The van der Waals surface area contributed by atoms with Crippen LogP contribution in [0.3, 0.4) is 0 Å². The molecule has 0 aromatic rings. The van der Waals surface area contributed by atoms with Gasteiger partial charge < -0.3 is 24.8 Å². The Morgan fingerprint density at radius 1 is 1.13 bits per heavy atom. The van der Waals surface area contributed by atoms with Gasteiger partial charge in [0.25, 0.3) is 0 Å². The molecule has 0 aromatic carbocycles. The van der Waals surface area contributed by atoms with Crippen molar-refractivity contribution in [3.8, 4) is 0 Å². The van der Waals surface area contributed by atoms with Gasteiger partial charge in [0.2, 0.25) is 0 Å². The summed E-state index contributed by atoms with van der Waals surface area (Å²) in [7, 11) is 0. The molecular weight excluding hydrogens is 200 g/mol. The van der Waals surface area contributed by atoms with Crippen molar-refractivity contribution >= 4 is 0 Å². The Morgan fingerprint density at radius 3 is 2.27 bits per heavy atom. The lowest BCUT2D eigenvalue weighted by Crippen LogP contribution is -2.59. The van der Waals surface area contributed by atoms with Crippen LogP contribution in [0.5, 0.6) is 0 Å². The van der Waals surface area contributed by atoms with Gasteiger partial charge >= 0.3 is 0 Å². The Kier molecular flexibility index (Phi) is 4.95. The van der Waals surface area contributed by atoms with Gasteiger partial charge in [-0.2, -0.15) is 0 Å². The van der Waals surface area contributed by atoms with Gasteiger partial charge in [0.15, 0.2) is 0 Å². The lowest BCUT2D eigenvalue weighted by molar-refractivity contribution is -0.241. The molecule has 0 amide bonds. The first kappa shape index (κ1) is 12.9. The van der Waals surface area contributed by atoms with Crippen molar-refractivity contribution in [3.63, 3.8) is 0 Å². The number of aliphatic hydroxyl groups excluding tert-OH is 3. The van der Waals surface area contributed by atoms with E-state index in [1.807, 2.05) is 6.92 Å². The smallest absolute Gasteiger partial charge is 0.114 e. The summed E-state index contributed by atoms with van der Waals surface area (Å²) in [5.74, 6) is 0. The normalized spacial score (nSPS) is 41.8. The summed E-state index contributed by atoms with van der Waals surface area (Å²) >= 11 is 0. The molecule has 1 heterocycles. The Labute approximate surface area is 89.6 Å². The van der Waals surface area contributed by atoms with E-state index in [9.17, 15) is 10.2 Å². The molecule has 15 heavy (non-hydrogen) atoms. The second kappa shape index (κ2) is 5.77. The Balaban J connectivity index is 2.70. The van der Waals surface area contributed by atoms with Crippen LogP contribution in [-0.2, 0) is 9.47 Å². The topological polar surface area (TPSA) is 79.2 Å². The van der Waals surface area contributed by atoms with Gasteiger partial charge in [-0.25, -0.2) is 0 Å². The minimum absolute atomic E-state index is 0.217. The van der Waals surface area contributed by atoms with Crippen molar-refractivity contribution in [2.75, 3.05) is 13.2 Å². The number of rotatable bonds is 4. The highest BCUT2D eigenvalue weighted by atomic mass is 16.6. The molecule has 1 rings (SSSR count). The second-order valence-electron chi connectivity index (χ2n) is 3.70. The summed E-state index contributed by atoms with van der Waals surface area (Å²) in [5.41, 5.74) is 0. The molecule has 1 fully saturated rings. The van der Waals surface area contributed by atoms with Gasteiger partial charge in [-0.1, -0.05) is 6.92 Å². The van der Waals surface area contributed by atoms with E-state index in [1.165, 1.54) is 0 Å². The third kappa shape index (κ3) is 2.68. The molecule has 0 radical (unpaired) electrons. The average Bonchev–Trinajstić information content (AvgIpc) is 2.25. The van der Waals surface area contributed by atoms with E-state index in [-0.39, 0.29) is 6.61 Å². The summed E-state index contributed by atoms with van der Waals surface area (Å²) < 4.78 is 10.7. The van der Waals surface area contributed by atoms with Crippen molar-refractivity contribution in [1.82, 2.24) is 0 Å². The molecule has 5 heteroatoms. The Bertz CT molecular complexity index is 185. The standard InChI is InChI=1S/C10H20O5/c1-3-6-8(12)9(13)10(14-4-2)7(5-11)15-6/h6-13H,3-5H2,1-2H3. The third-order valence-corrected chi connectivity index (χ3v) is 2.72. The number of ether oxygens (including phenoxy) is 2. The molecule has 90 valence electrons. The number of hydrogen-bond donors (Lipinski definition) is 3. The van der Waals surface area contributed by atoms with E-state index in [0.29, 0.717) is 13.0 Å². The number of aliphatic hydroxyl groups is 3. The number of hydrogen-bond acceptors (Lipinski definition) is 5. The molecule has 0 saturated carbocycles. The zero-order valence-corrected chi connectivity index (χ0v) is 9.17. The van der Waals surface area contributed by atoms with Crippen LogP contribution in [0.2, 0.25) is 0 Å². The highest BCUT2D eigenvalue weighted by molar-refractivity contribution is 4.92. The molecule has 1 aliphatic heterocycles. The maximum atomic E-state index is 9.81. The van der Waals surface area contributed by atoms with Crippen LogP contribution in [0.25, 0.3) is 0 Å². The summed E-state index contributed by atoms with van der Waals surface area (Å²) in [5, 5.41) is 28.6. The van der Waals surface area contributed by atoms with Crippen LogP contribution >= 0.6 is 0 Å². The predicted octanol–water partition coefficient (Wildman–Crippen LogP) is -0.717. The summed E-state index contributed by atoms with van der Waals surface area (Å²) in [6.45, 7) is 3.84. The fourth-order valence-corrected chi connectivity index (χ4v) is 1.90. The summed E-state index contributed by atoms with van der Waals surface area (Å²) in [6.07, 6.45) is -3.01. The van der Waals surface area contributed by atoms with E-state index in [1.54, 1.807) is 6.92 Å². The Morgan fingerprint density at radius 2 is 1.80 bits per heavy atom. The molecule has 0 bridgehead atoms. The van der Waals surface area contributed by atoms with Crippen LogP contribution in [0, 0.1) is 0 Å². The van der Waals surface area contributed by atoms with Crippen LogP contribution < -0.4 is 0 Å². The molecule has 5 nitrogen and oxygen atoms in total. The highest BCUT2D eigenvalue weighted by Crippen LogP contribution is 2.24. The van der Waals surface area contributed by atoms with Gasteiger partial charge in [-0.05, 0) is 13.3 Å². The zero-order chi connectivity index (χ0) is 11.4. The van der Waals surface area contributed by atoms with Crippen molar-refractivity contribution in [3.05, 3.63) is 0 Å². The minimum Gasteiger partial charge on any atom is -0.394 e. The summed E-state index contributed by atoms with van der Waals surface area (Å²) in [4.78, 5) is 0. The monoisotopic (exact) mass is 220 g/mol. The summed E-state index contributed by atoms with van der Waals surface area (Å²) in [6, 6.07) is 0. The van der Waals surface area contributed by atoms with Crippen LogP contribution in [0.4, 0.5) is 0 Å². The van der Waals surface area contributed by atoms with Gasteiger partial charge in [-0.15, -0.1) is 0 Å². The predicted molar refractivity (Wildman–Crippen MR) is 53.5 cm³/mol. The quantitative estimate of drug-likeness (QED) is 0.583. The van der Waals surface area contributed by atoms with E-state index >= 15 is 0 Å². The SMILES string of the molecule is CCOC1C(CO)OC(CC)C(O)C1O. The molecule has 5 atom stereocenters. The second-order valence-corrected chi connectivity index (χ2v) is 3.70.